The summed E-state index contributed by atoms with van der Waals surface area (Å²) in [6.45, 7) is 6.35. The van der Waals surface area contributed by atoms with Crippen LogP contribution in [0.5, 0.6) is 5.75 Å². The van der Waals surface area contributed by atoms with Gasteiger partial charge in [-0.05, 0) is 32.9 Å². The van der Waals surface area contributed by atoms with Crippen LogP contribution in [0, 0.1) is 11.3 Å². The molecule has 7 heteroatoms. The van der Waals surface area contributed by atoms with Gasteiger partial charge < -0.3 is 19.9 Å². The van der Waals surface area contributed by atoms with E-state index < -0.39 is 0 Å². The molecule has 0 spiro atoms. The highest BCUT2D eigenvalue weighted by atomic mass is 16.5. The van der Waals surface area contributed by atoms with E-state index >= 15 is 0 Å². The topological polar surface area (TPSA) is 86.9 Å². The maximum Gasteiger partial charge on any atom is 0.282 e. The predicted octanol–water partition coefficient (Wildman–Crippen LogP) is 0.371. The lowest BCUT2D eigenvalue weighted by Gasteiger charge is -2.25. The SMILES string of the molecule is COc1ccccc1N(CCC#N)C(=O)C[NH+](C)CC(=O)NC(C)(C)C. The third kappa shape index (κ3) is 7.11. The van der Waals surface area contributed by atoms with E-state index in [-0.39, 0.29) is 43.4 Å². The van der Waals surface area contributed by atoms with Crippen LogP contribution < -0.4 is 19.9 Å². The molecule has 7 nitrogen and oxygen atoms in total. The fourth-order valence-corrected chi connectivity index (χ4v) is 2.55. The average molecular weight is 361 g/mol. The molecule has 0 heterocycles. The van der Waals surface area contributed by atoms with Crippen molar-refractivity contribution >= 4 is 17.5 Å². The number of anilines is 1. The Morgan fingerprint density at radius 2 is 1.92 bits per heavy atom. The van der Waals surface area contributed by atoms with E-state index in [1.807, 2.05) is 32.9 Å². The van der Waals surface area contributed by atoms with Crippen LogP contribution in [0.4, 0.5) is 5.69 Å². The highest BCUT2D eigenvalue weighted by Gasteiger charge is 2.24. The number of benzene rings is 1. The lowest BCUT2D eigenvalue weighted by molar-refractivity contribution is -0.862. The van der Waals surface area contributed by atoms with Crippen molar-refractivity contribution in [2.75, 3.05) is 38.7 Å². The monoisotopic (exact) mass is 361 g/mol. The van der Waals surface area contributed by atoms with Crippen LogP contribution in [0.3, 0.4) is 0 Å². The van der Waals surface area contributed by atoms with E-state index in [1.165, 1.54) is 0 Å². The molecule has 0 saturated heterocycles. The molecule has 1 aromatic carbocycles. The Labute approximate surface area is 155 Å². The number of amides is 2. The van der Waals surface area contributed by atoms with Crippen LogP contribution in [-0.2, 0) is 9.59 Å². The third-order valence-corrected chi connectivity index (χ3v) is 3.55. The number of hydrogen-bond donors (Lipinski definition) is 2. The number of quaternary nitrogens is 1. The van der Waals surface area contributed by atoms with Gasteiger partial charge in [-0.1, -0.05) is 12.1 Å². The minimum absolute atomic E-state index is 0.108. The van der Waals surface area contributed by atoms with Crippen LogP contribution in [0.2, 0.25) is 0 Å². The van der Waals surface area contributed by atoms with Crippen LogP contribution in [0.15, 0.2) is 24.3 Å². The van der Waals surface area contributed by atoms with Crippen molar-refractivity contribution in [1.82, 2.24) is 5.32 Å². The molecule has 0 aliphatic heterocycles. The molecular weight excluding hydrogens is 332 g/mol. The first-order valence-corrected chi connectivity index (χ1v) is 8.60. The van der Waals surface area contributed by atoms with Gasteiger partial charge in [0, 0.05) is 12.1 Å². The minimum Gasteiger partial charge on any atom is -0.495 e. The molecule has 2 amide bonds. The Bertz CT molecular complexity index is 661. The number of nitrogens with zero attached hydrogens (tertiary/aromatic N) is 2. The quantitative estimate of drug-likeness (QED) is 0.700. The van der Waals surface area contributed by atoms with Crippen LogP contribution in [0.1, 0.15) is 27.2 Å². The molecule has 0 fully saturated rings. The van der Waals surface area contributed by atoms with Gasteiger partial charge in [0.2, 0.25) is 0 Å². The van der Waals surface area contributed by atoms with Crippen molar-refractivity contribution in [2.24, 2.45) is 0 Å². The molecule has 0 aliphatic carbocycles. The predicted molar refractivity (Wildman–Crippen MR) is 100 cm³/mol. The normalized spacial score (nSPS) is 12.0. The summed E-state index contributed by atoms with van der Waals surface area (Å²) in [6, 6.07) is 9.27. The van der Waals surface area contributed by atoms with Gasteiger partial charge in [0.25, 0.3) is 11.8 Å². The van der Waals surface area contributed by atoms with E-state index in [1.54, 1.807) is 31.2 Å². The molecule has 2 N–H and O–H groups in total. The molecule has 0 bridgehead atoms. The second-order valence-corrected chi connectivity index (χ2v) is 7.23. The van der Waals surface area contributed by atoms with Gasteiger partial charge in [-0.25, -0.2) is 0 Å². The number of hydrogen-bond acceptors (Lipinski definition) is 4. The zero-order valence-electron chi connectivity index (χ0n) is 16.3. The Morgan fingerprint density at radius 1 is 1.27 bits per heavy atom. The number of rotatable bonds is 8. The second-order valence-electron chi connectivity index (χ2n) is 7.23. The van der Waals surface area contributed by atoms with Crippen molar-refractivity contribution < 1.29 is 19.2 Å². The number of para-hydroxylation sites is 2. The van der Waals surface area contributed by atoms with Gasteiger partial charge in [0.15, 0.2) is 13.1 Å². The second kappa shape index (κ2) is 9.78. The summed E-state index contributed by atoms with van der Waals surface area (Å²) in [5.41, 5.74) is 0.319. The number of nitrogens with one attached hydrogen (secondary N) is 2. The van der Waals surface area contributed by atoms with Crippen LogP contribution in [-0.4, -0.2) is 51.1 Å². The van der Waals surface area contributed by atoms with Crippen LogP contribution in [0.25, 0.3) is 0 Å². The number of ether oxygens (including phenoxy) is 1. The van der Waals surface area contributed by atoms with E-state index in [4.69, 9.17) is 10.00 Å². The Morgan fingerprint density at radius 3 is 2.50 bits per heavy atom. The number of likely N-dealkylation sites (N-methyl/N-ethyl adjacent to an activating group) is 1. The largest absolute Gasteiger partial charge is 0.495 e. The first-order chi connectivity index (χ1) is 12.2. The molecule has 1 rings (SSSR count). The van der Waals surface area contributed by atoms with Crippen molar-refractivity contribution in [1.29, 1.82) is 5.26 Å². The fraction of sp³-hybridized carbons (Fsp3) is 0.526. The first-order valence-electron chi connectivity index (χ1n) is 8.60. The van der Waals surface area contributed by atoms with Crippen molar-refractivity contribution in [3.8, 4) is 11.8 Å². The van der Waals surface area contributed by atoms with Crippen molar-refractivity contribution in [3.05, 3.63) is 24.3 Å². The first kappa shape index (κ1) is 21.5. The lowest BCUT2D eigenvalue weighted by atomic mass is 10.1. The number of carbonyl (C=O) groups excluding carboxylic acids is 2. The molecule has 0 saturated carbocycles. The van der Waals surface area contributed by atoms with Crippen molar-refractivity contribution in [3.63, 3.8) is 0 Å². The minimum atomic E-state index is -0.308. The summed E-state index contributed by atoms with van der Waals surface area (Å²) in [5, 5.41) is 11.8. The Balaban J connectivity index is 2.83. The average Bonchev–Trinajstić information content (AvgIpc) is 2.53. The molecule has 26 heavy (non-hydrogen) atoms. The summed E-state index contributed by atoms with van der Waals surface area (Å²) in [7, 11) is 3.34. The van der Waals surface area contributed by atoms with E-state index in [2.05, 4.69) is 11.4 Å². The molecule has 0 radical (unpaired) electrons. The maximum absolute atomic E-state index is 12.8. The molecule has 0 aliphatic rings. The molecule has 1 aromatic rings. The van der Waals surface area contributed by atoms with Gasteiger partial charge in [-0.2, -0.15) is 5.26 Å². The molecule has 142 valence electrons. The maximum atomic E-state index is 12.8. The summed E-state index contributed by atoms with van der Waals surface area (Å²) >= 11 is 0. The molecule has 1 atom stereocenters. The number of carbonyl (C=O) groups is 2. The van der Waals surface area contributed by atoms with Crippen molar-refractivity contribution in [2.45, 2.75) is 32.7 Å². The standard InChI is InChI=1S/C19H28N4O3/c1-19(2,3)21-17(24)13-22(4)14-18(25)23(12-8-11-20)15-9-6-7-10-16(15)26-5/h6-7,9-10H,8,12-14H2,1-5H3,(H,21,24)/p+1. The van der Waals surface area contributed by atoms with Gasteiger partial charge in [0.1, 0.15) is 5.75 Å². The van der Waals surface area contributed by atoms with E-state index in [9.17, 15) is 9.59 Å². The van der Waals surface area contributed by atoms with E-state index in [0.29, 0.717) is 11.4 Å². The summed E-state index contributed by atoms with van der Waals surface area (Å²) in [6.07, 6.45) is 0.216. The van der Waals surface area contributed by atoms with Gasteiger partial charge in [-0.3, -0.25) is 9.59 Å². The lowest BCUT2D eigenvalue weighted by Crippen LogP contribution is -3.11. The number of methoxy groups -OCH3 is 1. The Kier molecular flexibility index (Phi) is 8.07. The van der Waals surface area contributed by atoms with Crippen LogP contribution >= 0.6 is 0 Å². The zero-order chi connectivity index (χ0) is 19.7. The van der Waals surface area contributed by atoms with Gasteiger partial charge in [0.05, 0.1) is 32.3 Å². The molecule has 0 aromatic heterocycles. The number of nitriles is 1. The third-order valence-electron chi connectivity index (χ3n) is 3.55. The fourth-order valence-electron chi connectivity index (χ4n) is 2.55. The summed E-state index contributed by atoms with van der Waals surface area (Å²) < 4.78 is 5.33. The highest BCUT2D eigenvalue weighted by molar-refractivity contribution is 5.95. The van der Waals surface area contributed by atoms with Gasteiger partial charge in [-0.15, -0.1) is 0 Å². The Hall–Kier alpha value is -2.59. The molecule has 1 unspecified atom stereocenters. The summed E-state index contributed by atoms with van der Waals surface area (Å²) in [4.78, 5) is 27.2. The molecular formula is C19H29N4O3+. The van der Waals surface area contributed by atoms with E-state index in [0.717, 1.165) is 4.90 Å². The zero-order valence-corrected chi connectivity index (χ0v) is 16.3. The highest BCUT2D eigenvalue weighted by Crippen LogP contribution is 2.27. The smallest absolute Gasteiger partial charge is 0.282 e. The van der Waals surface area contributed by atoms with Gasteiger partial charge >= 0.3 is 0 Å². The summed E-state index contributed by atoms with van der Waals surface area (Å²) in [5.74, 6) is 0.302.